The van der Waals surface area contributed by atoms with Crippen LogP contribution >= 0.6 is 0 Å². The minimum absolute atomic E-state index is 0.0125. The molecule has 1 aliphatic heterocycles. The first-order valence-electron chi connectivity index (χ1n) is 10.7. The van der Waals surface area contributed by atoms with E-state index >= 15 is 0 Å². The van der Waals surface area contributed by atoms with Crippen LogP contribution in [0.1, 0.15) is 38.2 Å². The zero-order valence-corrected chi connectivity index (χ0v) is 17.3. The summed E-state index contributed by atoms with van der Waals surface area (Å²) < 4.78 is 0. The normalized spacial score (nSPS) is 17.9. The fourth-order valence-electron chi connectivity index (χ4n) is 4.11. The van der Waals surface area contributed by atoms with E-state index in [-0.39, 0.29) is 30.2 Å². The molecule has 1 aliphatic carbocycles. The molecule has 0 spiro atoms. The summed E-state index contributed by atoms with van der Waals surface area (Å²) in [5.74, 6) is 0.0151. The molecule has 2 aliphatic rings. The maximum absolute atomic E-state index is 12.4. The number of rotatable bonds is 7. The molecule has 1 saturated heterocycles. The lowest BCUT2D eigenvalue weighted by atomic mass is 10.1. The highest BCUT2D eigenvalue weighted by Crippen LogP contribution is 2.24. The predicted octanol–water partition coefficient (Wildman–Crippen LogP) is 1.64. The fraction of sp³-hybridized carbons (Fsp3) is 0.591. The molecule has 0 unspecified atom stereocenters. The smallest absolute Gasteiger partial charge is 0.242 e. The monoisotopic (exact) mass is 400 g/mol. The van der Waals surface area contributed by atoms with Gasteiger partial charge in [0, 0.05) is 37.8 Å². The van der Waals surface area contributed by atoms with Crippen LogP contribution in [0.5, 0.6) is 0 Å². The molecule has 3 rings (SSSR count). The molecule has 7 nitrogen and oxygen atoms in total. The van der Waals surface area contributed by atoms with Gasteiger partial charge < -0.3 is 15.5 Å². The number of amides is 3. The molecular formula is C22H32N4O3. The Kier molecular flexibility index (Phi) is 7.63. The van der Waals surface area contributed by atoms with Crippen molar-refractivity contribution >= 4 is 23.4 Å². The number of anilines is 1. The fourth-order valence-corrected chi connectivity index (χ4v) is 4.11. The van der Waals surface area contributed by atoms with Gasteiger partial charge >= 0.3 is 0 Å². The number of carbonyl (C=O) groups excluding carboxylic acids is 3. The van der Waals surface area contributed by atoms with Gasteiger partial charge in [-0.15, -0.1) is 0 Å². The molecule has 1 aromatic carbocycles. The summed E-state index contributed by atoms with van der Waals surface area (Å²) in [6.07, 6.45) is 4.94. The Labute approximate surface area is 172 Å². The SMILES string of the molecule is CCc1ccccc1NC(=O)CN1CCN(C(=O)CNC(=O)C2CCCC2)CC1. The number of piperazine rings is 1. The van der Waals surface area contributed by atoms with Gasteiger partial charge in [0.15, 0.2) is 0 Å². The zero-order chi connectivity index (χ0) is 20.6. The third-order valence-corrected chi connectivity index (χ3v) is 5.90. The number of para-hydroxylation sites is 1. The second-order valence-corrected chi connectivity index (χ2v) is 7.91. The maximum Gasteiger partial charge on any atom is 0.242 e. The van der Waals surface area contributed by atoms with Crippen molar-refractivity contribution in [1.82, 2.24) is 15.1 Å². The van der Waals surface area contributed by atoms with Crippen LogP contribution in [0.15, 0.2) is 24.3 Å². The Bertz CT molecular complexity index is 723. The van der Waals surface area contributed by atoms with E-state index in [1.165, 1.54) is 0 Å². The summed E-state index contributed by atoms with van der Waals surface area (Å²) in [7, 11) is 0. The molecule has 7 heteroatoms. The Morgan fingerprint density at radius 1 is 1.03 bits per heavy atom. The van der Waals surface area contributed by atoms with Gasteiger partial charge in [0.2, 0.25) is 17.7 Å². The molecule has 2 N–H and O–H groups in total. The van der Waals surface area contributed by atoms with Crippen molar-refractivity contribution in [1.29, 1.82) is 0 Å². The van der Waals surface area contributed by atoms with Crippen molar-refractivity contribution in [3.63, 3.8) is 0 Å². The second kappa shape index (κ2) is 10.4. The van der Waals surface area contributed by atoms with E-state index in [9.17, 15) is 14.4 Å². The van der Waals surface area contributed by atoms with Gasteiger partial charge in [-0.2, -0.15) is 0 Å². The Morgan fingerprint density at radius 2 is 1.72 bits per heavy atom. The quantitative estimate of drug-likeness (QED) is 0.729. The van der Waals surface area contributed by atoms with E-state index < -0.39 is 0 Å². The average molecular weight is 401 g/mol. The van der Waals surface area contributed by atoms with Crippen LogP contribution in [0.4, 0.5) is 5.69 Å². The van der Waals surface area contributed by atoms with Crippen molar-refractivity contribution in [3.05, 3.63) is 29.8 Å². The number of aryl methyl sites for hydroxylation is 1. The Balaban J connectivity index is 1.37. The molecule has 1 heterocycles. The molecule has 158 valence electrons. The number of benzene rings is 1. The van der Waals surface area contributed by atoms with Crippen LogP contribution in [0, 0.1) is 5.92 Å². The largest absolute Gasteiger partial charge is 0.347 e. The standard InChI is InChI=1S/C22H32N4O3/c1-2-17-7-5-6-10-19(17)24-20(27)16-25-11-13-26(14-12-25)21(28)15-23-22(29)18-8-3-4-9-18/h5-7,10,18H,2-4,8-9,11-16H2,1H3,(H,23,29)(H,24,27). The lowest BCUT2D eigenvalue weighted by molar-refractivity contribution is -0.135. The van der Waals surface area contributed by atoms with Crippen molar-refractivity contribution in [3.8, 4) is 0 Å². The maximum atomic E-state index is 12.4. The zero-order valence-electron chi connectivity index (χ0n) is 17.3. The van der Waals surface area contributed by atoms with Crippen LogP contribution < -0.4 is 10.6 Å². The van der Waals surface area contributed by atoms with Gasteiger partial charge in [0.25, 0.3) is 0 Å². The highest BCUT2D eigenvalue weighted by molar-refractivity contribution is 5.93. The molecule has 0 atom stereocenters. The second-order valence-electron chi connectivity index (χ2n) is 7.91. The van der Waals surface area contributed by atoms with Crippen molar-refractivity contribution in [2.45, 2.75) is 39.0 Å². The predicted molar refractivity (Wildman–Crippen MR) is 112 cm³/mol. The highest BCUT2D eigenvalue weighted by atomic mass is 16.2. The molecule has 2 fully saturated rings. The lowest BCUT2D eigenvalue weighted by Gasteiger charge is -2.34. The number of carbonyl (C=O) groups is 3. The summed E-state index contributed by atoms with van der Waals surface area (Å²) >= 11 is 0. The van der Waals surface area contributed by atoms with Gasteiger partial charge in [0.05, 0.1) is 13.1 Å². The third-order valence-electron chi connectivity index (χ3n) is 5.90. The van der Waals surface area contributed by atoms with Crippen LogP contribution in [0.2, 0.25) is 0 Å². The molecule has 1 aromatic rings. The minimum Gasteiger partial charge on any atom is -0.347 e. The topological polar surface area (TPSA) is 81.8 Å². The molecule has 0 aromatic heterocycles. The average Bonchev–Trinajstić information content (AvgIpc) is 3.27. The van der Waals surface area contributed by atoms with Crippen molar-refractivity contribution < 1.29 is 14.4 Å². The summed E-state index contributed by atoms with van der Waals surface area (Å²) in [5.41, 5.74) is 1.99. The molecule has 0 bridgehead atoms. The summed E-state index contributed by atoms with van der Waals surface area (Å²) in [5, 5.41) is 5.79. The van der Waals surface area contributed by atoms with Gasteiger partial charge in [-0.1, -0.05) is 38.0 Å². The molecule has 3 amide bonds. The number of hydrogen-bond acceptors (Lipinski definition) is 4. The summed E-state index contributed by atoms with van der Waals surface area (Å²) in [6.45, 7) is 4.93. The molecule has 0 radical (unpaired) electrons. The van der Waals surface area contributed by atoms with Crippen LogP contribution in [-0.4, -0.2) is 66.8 Å². The van der Waals surface area contributed by atoms with Gasteiger partial charge in [-0.25, -0.2) is 0 Å². The number of nitrogens with zero attached hydrogens (tertiary/aromatic N) is 2. The van der Waals surface area contributed by atoms with Crippen LogP contribution in [-0.2, 0) is 20.8 Å². The van der Waals surface area contributed by atoms with Crippen LogP contribution in [0.25, 0.3) is 0 Å². The van der Waals surface area contributed by atoms with Crippen molar-refractivity contribution in [2.75, 3.05) is 44.6 Å². The molecule has 1 saturated carbocycles. The van der Waals surface area contributed by atoms with Crippen LogP contribution in [0.3, 0.4) is 0 Å². The van der Waals surface area contributed by atoms with Gasteiger partial charge in [-0.05, 0) is 30.9 Å². The number of hydrogen-bond donors (Lipinski definition) is 2. The van der Waals surface area contributed by atoms with E-state index in [0.717, 1.165) is 43.4 Å². The summed E-state index contributed by atoms with van der Waals surface area (Å²) in [4.78, 5) is 40.7. The van der Waals surface area contributed by atoms with E-state index in [1.54, 1.807) is 4.90 Å². The third kappa shape index (κ3) is 6.03. The Hall–Kier alpha value is -2.41. The molecule has 29 heavy (non-hydrogen) atoms. The number of nitrogens with one attached hydrogen (secondary N) is 2. The van der Waals surface area contributed by atoms with E-state index in [2.05, 4.69) is 22.5 Å². The van der Waals surface area contributed by atoms with Crippen molar-refractivity contribution in [2.24, 2.45) is 5.92 Å². The highest BCUT2D eigenvalue weighted by Gasteiger charge is 2.25. The summed E-state index contributed by atoms with van der Waals surface area (Å²) in [6, 6.07) is 7.84. The lowest BCUT2D eigenvalue weighted by Crippen LogP contribution is -2.52. The minimum atomic E-state index is -0.0441. The van der Waals surface area contributed by atoms with Gasteiger partial charge in [-0.3, -0.25) is 19.3 Å². The first-order valence-corrected chi connectivity index (χ1v) is 10.7. The van der Waals surface area contributed by atoms with Gasteiger partial charge in [0.1, 0.15) is 0 Å². The first kappa shape index (κ1) is 21.3. The first-order chi connectivity index (χ1) is 14.1. The van der Waals surface area contributed by atoms with E-state index in [4.69, 9.17) is 0 Å². The van der Waals surface area contributed by atoms with E-state index in [0.29, 0.717) is 32.7 Å². The molecular weight excluding hydrogens is 368 g/mol. The van der Waals surface area contributed by atoms with E-state index in [1.807, 2.05) is 24.3 Å². The Morgan fingerprint density at radius 3 is 2.41 bits per heavy atom.